The summed E-state index contributed by atoms with van der Waals surface area (Å²) in [7, 11) is 0. The first-order valence-electron chi connectivity index (χ1n) is 11.8. The van der Waals surface area contributed by atoms with E-state index >= 15 is 0 Å². The summed E-state index contributed by atoms with van der Waals surface area (Å²) in [6, 6.07) is 35.5. The average Bonchev–Trinajstić information content (AvgIpc) is 2.90. The maximum absolute atomic E-state index is 12.3. The van der Waals surface area contributed by atoms with Crippen LogP contribution in [-0.4, -0.2) is 25.7 Å². The van der Waals surface area contributed by atoms with E-state index in [-0.39, 0.29) is 12.5 Å². The van der Waals surface area contributed by atoms with Crippen LogP contribution in [-0.2, 0) is 17.6 Å². The maximum Gasteiger partial charge on any atom is 0.243 e. The van der Waals surface area contributed by atoms with Crippen LogP contribution in [0.4, 0.5) is 11.4 Å². The second kappa shape index (κ2) is 12.8. The molecule has 0 aliphatic carbocycles. The third-order valence-corrected chi connectivity index (χ3v) is 5.45. The summed E-state index contributed by atoms with van der Waals surface area (Å²) in [6.07, 6.45) is 1.72. The number of benzene rings is 4. The number of hydrogen-bond acceptors (Lipinski definition) is 4. The molecule has 0 saturated carbocycles. The van der Waals surface area contributed by atoms with Crippen LogP contribution in [0, 0.1) is 0 Å². The molecule has 0 fully saturated rings. The largest absolute Gasteiger partial charge is 0.493 e. The van der Waals surface area contributed by atoms with Gasteiger partial charge in [-0.1, -0.05) is 60.7 Å². The summed E-state index contributed by atoms with van der Waals surface area (Å²) in [5.74, 6) is 1.47. The molecule has 4 aromatic rings. The van der Waals surface area contributed by atoms with Crippen LogP contribution in [0.3, 0.4) is 0 Å². The van der Waals surface area contributed by atoms with Gasteiger partial charge in [0.05, 0.1) is 19.8 Å². The van der Waals surface area contributed by atoms with Crippen molar-refractivity contribution in [2.45, 2.75) is 12.8 Å². The van der Waals surface area contributed by atoms with Crippen LogP contribution in [0.15, 0.2) is 109 Å². The smallest absolute Gasteiger partial charge is 0.243 e. The Balaban J connectivity index is 1.14. The second-order valence-corrected chi connectivity index (χ2v) is 8.12. The molecule has 0 spiro atoms. The first kappa shape index (κ1) is 23.9. The fraction of sp³-hybridized carbons (Fsp3) is 0.167. The van der Waals surface area contributed by atoms with Gasteiger partial charge in [-0.2, -0.15) is 0 Å². The fourth-order valence-corrected chi connectivity index (χ4v) is 3.55. The van der Waals surface area contributed by atoms with E-state index in [1.165, 1.54) is 11.1 Å². The summed E-state index contributed by atoms with van der Waals surface area (Å²) < 4.78 is 11.6. The number of hydrogen-bond donors (Lipinski definition) is 2. The molecule has 178 valence electrons. The van der Waals surface area contributed by atoms with E-state index in [0.29, 0.717) is 13.2 Å². The van der Waals surface area contributed by atoms with Crippen LogP contribution in [0.1, 0.15) is 11.1 Å². The highest BCUT2D eigenvalue weighted by atomic mass is 16.5. The molecule has 0 radical (unpaired) electrons. The van der Waals surface area contributed by atoms with E-state index in [1.54, 1.807) is 0 Å². The Hall–Kier alpha value is -4.25. The zero-order valence-electron chi connectivity index (χ0n) is 19.7. The lowest BCUT2D eigenvalue weighted by atomic mass is 10.2. The predicted molar refractivity (Wildman–Crippen MR) is 141 cm³/mol. The van der Waals surface area contributed by atoms with Gasteiger partial charge in [0, 0.05) is 24.2 Å². The molecular formula is C30H30N2O3. The van der Waals surface area contributed by atoms with Crippen molar-refractivity contribution in [3.05, 3.63) is 120 Å². The first-order valence-corrected chi connectivity index (χ1v) is 11.8. The van der Waals surface area contributed by atoms with Crippen molar-refractivity contribution >= 4 is 17.3 Å². The minimum Gasteiger partial charge on any atom is -0.493 e. The number of carbonyl (C=O) groups excluding carboxylic acids is 1. The summed E-state index contributed by atoms with van der Waals surface area (Å²) in [5, 5.41) is 6.03. The summed E-state index contributed by atoms with van der Waals surface area (Å²) in [6.45, 7) is 1.40. The maximum atomic E-state index is 12.3. The van der Waals surface area contributed by atoms with Gasteiger partial charge >= 0.3 is 0 Å². The molecule has 0 saturated heterocycles. The van der Waals surface area contributed by atoms with Gasteiger partial charge in [0.2, 0.25) is 5.91 Å². The lowest BCUT2D eigenvalue weighted by molar-refractivity contribution is -0.114. The van der Waals surface area contributed by atoms with Gasteiger partial charge in [-0.3, -0.25) is 4.79 Å². The lowest BCUT2D eigenvalue weighted by Gasteiger charge is -2.10. The van der Waals surface area contributed by atoms with Gasteiger partial charge in [0.15, 0.2) is 0 Å². The van der Waals surface area contributed by atoms with Gasteiger partial charge in [-0.25, -0.2) is 0 Å². The number of anilines is 2. The number of nitrogens with one attached hydrogen (secondary N) is 2. The Labute approximate surface area is 206 Å². The van der Waals surface area contributed by atoms with Gasteiger partial charge in [-0.05, 0) is 59.7 Å². The Bertz CT molecular complexity index is 1160. The Morgan fingerprint density at radius 2 is 1.03 bits per heavy atom. The Kier molecular flexibility index (Phi) is 8.77. The van der Waals surface area contributed by atoms with E-state index < -0.39 is 0 Å². The highest BCUT2D eigenvalue weighted by Gasteiger charge is 2.04. The van der Waals surface area contributed by atoms with Crippen molar-refractivity contribution in [3.63, 3.8) is 0 Å². The Morgan fingerprint density at radius 1 is 0.571 bits per heavy atom. The molecule has 2 N–H and O–H groups in total. The minimum absolute atomic E-state index is 0.120. The minimum atomic E-state index is -0.120. The average molecular weight is 467 g/mol. The number of rotatable bonds is 12. The number of amides is 1. The second-order valence-electron chi connectivity index (χ2n) is 8.12. The molecule has 5 heteroatoms. The van der Waals surface area contributed by atoms with E-state index in [9.17, 15) is 4.79 Å². The molecular weight excluding hydrogens is 436 g/mol. The summed E-state index contributed by atoms with van der Waals surface area (Å²) in [4.78, 5) is 12.3. The summed E-state index contributed by atoms with van der Waals surface area (Å²) in [5.41, 5.74) is 4.09. The van der Waals surface area contributed by atoms with Crippen molar-refractivity contribution in [2.24, 2.45) is 0 Å². The van der Waals surface area contributed by atoms with Gasteiger partial charge in [0.1, 0.15) is 11.5 Å². The molecule has 5 nitrogen and oxygen atoms in total. The van der Waals surface area contributed by atoms with Crippen molar-refractivity contribution < 1.29 is 14.3 Å². The van der Waals surface area contributed by atoms with E-state index in [1.807, 2.05) is 84.9 Å². The molecule has 0 bridgehead atoms. The highest BCUT2D eigenvalue weighted by molar-refractivity contribution is 5.93. The molecule has 4 aromatic carbocycles. The molecule has 1 amide bonds. The standard InChI is InChI=1S/C30H30N2O3/c33-30(32-27-13-17-29(18-14-27)35-22-20-25-9-5-2-6-10-25)23-31-26-11-15-28(16-12-26)34-21-19-24-7-3-1-4-8-24/h1-18,31H,19-23H2,(H,32,33). The van der Waals surface area contributed by atoms with E-state index in [4.69, 9.17) is 9.47 Å². The molecule has 0 unspecified atom stereocenters. The van der Waals surface area contributed by atoms with E-state index in [2.05, 4.69) is 34.9 Å². The van der Waals surface area contributed by atoms with Crippen molar-refractivity contribution in [1.29, 1.82) is 0 Å². The predicted octanol–water partition coefficient (Wildman–Crippen LogP) is 5.98. The van der Waals surface area contributed by atoms with Crippen molar-refractivity contribution in [1.82, 2.24) is 0 Å². The quantitative estimate of drug-likeness (QED) is 0.270. The number of ether oxygens (including phenoxy) is 2. The fourth-order valence-electron chi connectivity index (χ4n) is 3.55. The number of carbonyl (C=O) groups is 1. The van der Waals surface area contributed by atoms with E-state index in [0.717, 1.165) is 35.7 Å². The molecule has 0 aliphatic rings. The monoisotopic (exact) mass is 466 g/mol. The van der Waals surface area contributed by atoms with Crippen LogP contribution < -0.4 is 20.1 Å². The third-order valence-electron chi connectivity index (χ3n) is 5.45. The molecule has 0 aromatic heterocycles. The molecule has 0 aliphatic heterocycles. The molecule has 4 rings (SSSR count). The molecule has 0 heterocycles. The molecule has 0 atom stereocenters. The first-order chi connectivity index (χ1) is 17.2. The Morgan fingerprint density at radius 3 is 1.51 bits per heavy atom. The lowest BCUT2D eigenvalue weighted by Crippen LogP contribution is -2.21. The van der Waals surface area contributed by atoms with Crippen LogP contribution in [0.2, 0.25) is 0 Å². The normalized spacial score (nSPS) is 10.4. The van der Waals surface area contributed by atoms with Crippen LogP contribution in [0.25, 0.3) is 0 Å². The SMILES string of the molecule is O=C(CNc1ccc(OCCc2ccccc2)cc1)Nc1ccc(OCCc2ccccc2)cc1. The zero-order valence-corrected chi connectivity index (χ0v) is 19.7. The third kappa shape index (κ3) is 8.23. The van der Waals surface area contributed by atoms with Crippen LogP contribution in [0.5, 0.6) is 11.5 Å². The zero-order chi connectivity index (χ0) is 24.1. The highest BCUT2D eigenvalue weighted by Crippen LogP contribution is 2.18. The topological polar surface area (TPSA) is 59.6 Å². The summed E-state index contributed by atoms with van der Waals surface area (Å²) >= 11 is 0. The van der Waals surface area contributed by atoms with Crippen LogP contribution >= 0.6 is 0 Å². The van der Waals surface area contributed by atoms with Gasteiger partial charge in [0.25, 0.3) is 0 Å². The van der Waals surface area contributed by atoms with Gasteiger partial charge in [-0.15, -0.1) is 0 Å². The van der Waals surface area contributed by atoms with Gasteiger partial charge < -0.3 is 20.1 Å². The molecule has 35 heavy (non-hydrogen) atoms. The van der Waals surface area contributed by atoms with Crippen molar-refractivity contribution in [3.8, 4) is 11.5 Å². The van der Waals surface area contributed by atoms with Crippen molar-refractivity contribution in [2.75, 3.05) is 30.4 Å².